The van der Waals surface area contributed by atoms with Gasteiger partial charge in [-0.3, -0.25) is 9.59 Å². The predicted molar refractivity (Wildman–Crippen MR) is 132 cm³/mol. The SMILES string of the molecule is CCOC(=O)c1c(C(=O)N2CCN(C(=O)C3CCCCC3)C(C)C2)nc(C)nc1-c1ccccc1. The van der Waals surface area contributed by atoms with Crippen LogP contribution in [-0.4, -0.2) is 69.8 Å². The lowest BCUT2D eigenvalue weighted by Crippen LogP contribution is -2.57. The fourth-order valence-corrected chi connectivity index (χ4v) is 5.13. The van der Waals surface area contributed by atoms with Crippen LogP contribution in [0.4, 0.5) is 0 Å². The molecule has 2 aromatic rings. The third-order valence-electron chi connectivity index (χ3n) is 6.90. The molecule has 1 aromatic carbocycles. The van der Waals surface area contributed by atoms with Crippen LogP contribution >= 0.6 is 0 Å². The number of ether oxygens (including phenoxy) is 1. The van der Waals surface area contributed by atoms with Gasteiger partial charge in [0.1, 0.15) is 17.1 Å². The van der Waals surface area contributed by atoms with E-state index in [0.717, 1.165) is 25.7 Å². The zero-order valence-corrected chi connectivity index (χ0v) is 20.8. The molecule has 2 amide bonds. The first kappa shape index (κ1) is 24.8. The second kappa shape index (κ2) is 11.0. The van der Waals surface area contributed by atoms with E-state index < -0.39 is 5.97 Å². The maximum absolute atomic E-state index is 13.7. The lowest BCUT2D eigenvalue weighted by molar-refractivity contribution is -0.140. The number of benzene rings is 1. The van der Waals surface area contributed by atoms with Gasteiger partial charge < -0.3 is 14.5 Å². The van der Waals surface area contributed by atoms with E-state index >= 15 is 0 Å². The first-order valence-electron chi connectivity index (χ1n) is 12.6. The topological polar surface area (TPSA) is 92.7 Å². The second-order valence-corrected chi connectivity index (χ2v) is 9.40. The van der Waals surface area contributed by atoms with Gasteiger partial charge >= 0.3 is 5.97 Å². The number of hydrogen-bond donors (Lipinski definition) is 0. The number of piperazine rings is 1. The zero-order chi connectivity index (χ0) is 24.9. The van der Waals surface area contributed by atoms with Gasteiger partial charge in [0.2, 0.25) is 5.91 Å². The minimum absolute atomic E-state index is 0.0501. The molecule has 2 aliphatic rings. The smallest absolute Gasteiger partial charge is 0.342 e. The van der Waals surface area contributed by atoms with E-state index in [2.05, 4.69) is 9.97 Å². The number of aryl methyl sites for hydroxylation is 1. The first-order chi connectivity index (χ1) is 16.9. The van der Waals surface area contributed by atoms with Gasteiger partial charge in [0.15, 0.2) is 0 Å². The summed E-state index contributed by atoms with van der Waals surface area (Å²) in [4.78, 5) is 52.4. The van der Waals surface area contributed by atoms with Crippen molar-refractivity contribution in [2.45, 2.75) is 58.9 Å². The van der Waals surface area contributed by atoms with Gasteiger partial charge in [-0.05, 0) is 33.6 Å². The highest BCUT2D eigenvalue weighted by atomic mass is 16.5. The van der Waals surface area contributed by atoms with Crippen LogP contribution in [0.25, 0.3) is 11.3 Å². The summed E-state index contributed by atoms with van der Waals surface area (Å²) in [5.41, 5.74) is 1.24. The minimum atomic E-state index is -0.617. The summed E-state index contributed by atoms with van der Waals surface area (Å²) in [7, 11) is 0. The van der Waals surface area contributed by atoms with Gasteiger partial charge in [-0.25, -0.2) is 14.8 Å². The average molecular weight is 479 g/mol. The Morgan fingerprint density at radius 3 is 2.40 bits per heavy atom. The highest BCUT2D eigenvalue weighted by Gasteiger charge is 2.36. The van der Waals surface area contributed by atoms with Crippen molar-refractivity contribution in [2.24, 2.45) is 5.92 Å². The van der Waals surface area contributed by atoms with Gasteiger partial charge in [-0.1, -0.05) is 49.6 Å². The molecule has 4 rings (SSSR count). The molecule has 1 aliphatic carbocycles. The maximum Gasteiger partial charge on any atom is 0.342 e. The molecule has 1 saturated carbocycles. The van der Waals surface area contributed by atoms with E-state index in [0.29, 0.717) is 36.7 Å². The van der Waals surface area contributed by atoms with Crippen molar-refractivity contribution >= 4 is 17.8 Å². The summed E-state index contributed by atoms with van der Waals surface area (Å²) in [5.74, 6) is -0.247. The Balaban J connectivity index is 1.61. The Morgan fingerprint density at radius 1 is 1.03 bits per heavy atom. The lowest BCUT2D eigenvalue weighted by Gasteiger charge is -2.41. The third kappa shape index (κ3) is 5.36. The zero-order valence-electron chi connectivity index (χ0n) is 20.8. The summed E-state index contributed by atoms with van der Waals surface area (Å²) < 4.78 is 5.30. The molecular formula is C27H34N4O4. The summed E-state index contributed by atoms with van der Waals surface area (Å²) in [6.45, 7) is 6.85. The van der Waals surface area contributed by atoms with Crippen LogP contribution in [0.15, 0.2) is 30.3 Å². The van der Waals surface area contributed by atoms with Crippen LogP contribution in [0.1, 0.15) is 72.6 Å². The summed E-state index contributed by atoms with van der Waals surface area (Å²) in [6.07, 6.45) is 5.33. The molecule has 1 aliphatic heterocycles. The molecular weight excluding hydrogens is 444 g/mol. The molecule has 8 nitrogen and oxygen atoms in total. The van der Waals surface area contributed by atoms with E-state index in [4.69, 9.17) is 4.74 Å². The molecule has 1 saturated heterocycles. The number of hydrogen-bond acceptors (Lipinski definition) is 6. The minimum Gasteiger partial charge on any atom is -0.462 e. The highest BCUT2D eigenvalue weighted by Crippen LogP contribution is 2.29. The van der Waals surface area contributed by atoms with Crippen LogP contribution in [0, 0.1) is 12.8 Å². The molecule has 0 radical (unpaired) electrons. The second-order valence-electron chi connectivity index (χ2n) is 9.40. The van der Waals surface area contributed by atoms with Gasteiger partial charge in [-0.2, -0.15) is 0 Å². The summed E-state index contributed by atoms with van der Waals surface area (Å²) >= 11 is 0. The monoisotopic (exact) mass is 478 g/mol. The van der Waals surface area contributed by atoms with E-state index in [1.807, 2.05) is 42.2 Å². The molecule has 0 spiro atoms. The number of carbonyl (C=O) groups is 3. The number of nitrogens with zero attached hydrogens (tertiary/aromatic N) is 4. The van der Waals surface area contributed by atoms with E-state index in [-0.39, 0.29) is 41.6 Å². The van der Waals surface area contributed by atoms with Crippen molar-refractivity contribution in [1.82, 2.24) is 19.8 Å². The first-order valence-corrected chi connectivity index (χ1v) is 12.6. The number of carbonyl (C=O) groups excluding carboxylic acids is 3. The van der Waals surface area contributed by atoms with Crippen molar-refractivity contribution in [3.8, 4) is 11.3 Å². The molecule has 0 bridgehead atoms. The third-order valence-corrected chi connectivity index (χ3v) is 6.90. The predicted octanol–water partition coefficient (Wildman–Crippen LogP) is 3.88. The Bertz CT molecular complexity index is 1080. The molecule has 8 heteroatoms. The van der Waals surface area contributed by atoms with Crippen molar-refractivity contribution in [3.05, 3.63) is 47.4 Å². The fraction of sp³-hybridized carbons (Fsp3) is 0.519. The lowest BCUT2D eigenvalue weighted by atomic mass is 9.87. The van der Waals surface area contributed by atoms with Gasteiger partial charge in [0, 0.05) is 37.2 Å². The Morgan fingerprint density at radius 2 is 1.74 bits per heavy atom. The van der Waals surface area contributed by atoms with Crippen molar-refractivity contribution in [2.75, 3.05) is 26.2 Å². The number of amides is 2. The quantitative estimate of drug-likeness (QED) is 0.606. The average Bonchev–Trinajstić information content (AvgIpc) is 2.88. The van der Waals surface area contributed by atoms with Gasteiger partial charge in [-0.15, -0.1) is 0 Å². The summed E-state index contributed by atoms with van der Waals surface area (Å²) in [5, 5.41) is 0. The molecule has 2 fully saturated rings. The van der Waals surface area contributed by atoms with Crippen molar-refractivity contribution < 1.29 is 19.1 Å². The molecule has 1 unspecified atom stereocenters. The van der Waals surface area contributed by atoms with Gasteiger partial charge in [0.25, 0.3) is 5.91 Å². The summed E-state index contributed by atoms with van der Waals surface area (Å²) in [6, 6.07) is 9.17. The number of rotatable bonds is 5. The molecule has 1 aromatic heterocycles. The van der Waals surface area contributed by atoms with Crippen molar-refractivity contribution in [1.29, 1.82) is 0 Å². The molecule has 35 heavy (non-hydrogen) atoms. The van der Waals surface area contributed by atoms with E-state index in [9.17, 15) is 14.4 Å². The largest absolute Gasteiger partial charge is 0.462 e. The Kier molecular flexibility index (Phi) is 7.78. The van der Waals surface area contributed by atoms with Crippen LogP contribution in [0.5, 0.6) is 0 Å². The normalized spacial score (nSPS) is 18.9. The van der Waals surface area contributed by atoms with Crippen LogP contribution in [0.3, 0.4) is 0 Å². The fourth-order valence-electron chi connectivity index (χ4n) is 5.13. The van der Waals surface area contributed by atoms with Gasteiger partial charge in [0.05, 0.1) is 12.3 Å². The standard InChI is InChI=1S/C27H34N4O4/c1-4-35-27(34)22-23(20-11-7-5-8-12-20)28-19(3)29-24(22)26(33)30-15-16-31(18(2)17-30)25(32)21-13-9-6-10-14-21/h5,7-8,11-12,18,21H,4,6,9-10,13-17H2,1-3H3. The van der Waals surface area contributed by atoms with Crippen LogP contribution < -0.4 is 0 Å². The molecule has 2 heterocycles. The van der Waals surface area contributed by atoms with Crippen LogP contribution in [0.2, 0.25) is 0 Å². The maximum atomic E-state index is 13.7. The number of esters is 1. The number of aromatic nitrogens is 2. The molecule has 186 valence electrons. The molecule has 0 N–H and O–H groups in total. The van der Waals surface area contributed by atoms with E-state index in [1.54, 1.807) is 18.7 Å². The van der Waals surface area contributed by atoms with Crippen LogP contribution in [-0.2, 0) is 9.53 Å². The molecule has 1 atom stereocenters. The van der Waals surface area contributed by atoms with E-state index in [1.165, 1.54) is 6.42 Å². The highest BCUT2D eigenvalue weighted by molar-refractivity contribution is 6.07. The Hall–Kier alpha value is -3.29. The van der Waals surface area contributed by atoms with Crippen molar-refractivity contribution in [3.63, 3.8) is 0 Å². The Labute approximate surface area is 206 Å².